The topological polar surface area (TPSA) is 132 Å². The number of anilines is 2. The summed E-state index contributed by atoms with van der Waals surface area (Å²) < 4.78 is 99.2. The van der Waals surface area contributed by atoms with E-state index in [-0.39, 0.29) is 65.6 Å². The number of carbonyl (C=O) groups is 1. The highest BCUT2D eigenvalue weighted by atomic mass is 32.2. The Morgan fingerprint density at radius 2 is 1.84 bits per heavy atom. The Morgan fingerprint density at radius 1 is 1.10 bits per heavy atom. The number of aromatic nitrogens is 4. The van der Waals surface area contributed by atoms with Crippen LogP contribution in [0, 0.1) is 5.82 Å². The van der Waals surface area contributed by atoms with Gasteiger partial charge in [-0.1, -0.05) is 18.2 Å². The lowest BCUT2D eigenvalue weighted by molar-refractivity contribution is -0.137. The number of benzene rings is 1. The SMILES string of the molecule is C[C@H]1COCCN1c1nc2c(cc1F)c(-c1nc(N[C@H]3CCCN(C(=O)OC(C)(C)C)C3)ncc1C(F)(F)F)cn2S(=O)(=O)c1ccccc1. The fraction of sp³-hybridized carbons (Fsp3) is 0.455. The van der Waals surface area contributed by atoms with Crippen molar-refractivity contribution in [2.24, 2.45) is 0 Å². The van der Waals surface area contributed by atoms with Crippen molar-refractivity contribution < 1.29 is 40.2 Å². The molecule has 2 atom stereocenters. The molecule has 2 saturated heterocycles. The molecule has 1 amide bonds. The Bertz CT molecular complexity index is 2000. The van der Waals surface area contributed by atoms with Crippen LogP contribution in [0.25, 0.3) is 22.3 Å². The number of fused-ring (bicyclic) bond motifs is 1. The van der Waals surface area contributed by atoms with Crippen LogP contribution >= 0.6 is 0 Å². The molecule has 3 aromatic heterocycles. The smallest absolute Gasteiger partial charge is 0.419 e. The monoisotopic (exact) mass is 719 g/mol. The number of pyridine rings is 1. The minimum atomic E-state index is -4.96. The van der Waals surface area contributed by atoms with E-state index in [9.17, 15) is 26.4 Å². The average Bonchev–Trinajstić information content (AvgIpc) is 3.43. The summed E-state index contributed by atoms with van der Waals surface area (Å²) in [6.45, 7) is 8.46. The summed E-state index contributed by atoms with van der Waals surface area (Å²) in [5.41, 5.74) is -3.24. The molecule has 0 bridgehead atoms. The number of hydrogen-bond acceptors (Lipinski definition) is 10. The van der Waals surface area contributed by atoms with Gasteiger partial charge in [-0.2, -0.15) is 13.2 Å². The Hall–Kier alpha value is -4.51. The Balaban J connectivity index is 1.47. The fourth-order valence-corrected chi connectivity index (χ4v) is 7.38. The second-order valence-electron chi connectivity index (χ2n) is 13.3. The number of hydrogen-bond donors (Lipinski definition) is 1. The second kappa shape index (κ2) is 13.3. The highest BCUT2D eigenvalue weighted by Gasteiger charge is 2.38. The number of nitrogens with zero attached hydrogens (tertiary/aromatic N) is 6. The molecule has 1 aromatic carbocycles. The summed E-state index contributed by atoms with van der Waals surface area (Å²) in [6, 6.07) is 7.56. The van der Waals surface area contributed by atoms with Crippen LogP contribution in [0.15, 0.2) is 53.7 Å². The molecular weight excluding hydrogens is 682 g/mol. The number of alkyl halides is 3. The van der Waals surface area contributed by atoms with Crippen LogP contribution in [-0.4, -0.2) is 88.9 Å². The van der Waals surface area contributed by atoms with Gasteiger partial charge in [-0.25, -0.2) is 36.5 Å². The summed E-state index contributed by atoms with van der Waals surface area (Å²) in [7, 11) is -4.44. The number of amides is 1. The van der Waals surface area contributed by atoms with Crippen molar-refractivity contribution in [2.75, 3.05) is 43.1 Å². The largest absolute Gasteiger partial charge is 0.444 e. The Morgan fingerprint density at radius 3 is 2.52 bits per heavy atom. The van der Waals surface area contributed by atoms with Crippen LogP contribution in [-0.2, 0) is 25.7 Å². The van der Waals surface area contributed by atoms with Gasteiger partial charge in [-0.05, 0) is 58.7 Å². The van der Waals surface area contributed by atoms with E-state index in [1.54, 1.807) is 38.7 Å². The van der Waals surface area contributed by atoms with Gasteiger partial charge in [-0.3, -0.25) is 0 Å². The van der Waals surface area contributed by atoms with Gasteiger partial charge < -0.3 is 24.6 Å². The molecule has 0 saturated carbocycles. The predicted octanol–water partition coefficient (Wildman–Crippen LogP) is 5.92. The summed E-state index contributed by atoms with van der Waals surface area (Å²) in [6.07, 6.45) is -2.75. The van der Waals surface area contributed by atoms with Gasteiger partial charge in [-0.15, -0.1) is 0 Å². The normalized spacial score (nSPS) is 19.1. The third-order valence-corrected chi connectivity index (χ3v) is 10.0. The fourth-order valence-electron chi connectivity index (χ4n) is 6.04. The van der Waals surface area contributed by atoms with E-state index in [2.05, 4.69) is 20.3 Å². The van der Waals surface area contributed by atoms with E-state index in [4.69, 9.17) is 9.47 Å². The highest BCUT2D eigenvalue weighted by molar-refractivity contribution is 7.90. The number of nitrogens with one attached hydrogen (secondary N) is 1. The van der Waals surface area contributed by atoms with Gasteiger partial charge in [0.15, 0.2) is 17.3 Å². The molecule has 0 unspecified atom stereocenters. The van der Waals surface area contributed by atoms with Crippen LogP contribution in [0.2, 0.25) is 0 Å². The molecule has 1 N–H and O–H groups in total. The maximum atomic E-state index is 15.9. The van der Waals surface area contributed by atoms with Gasteiger partial charge in [0.2, 0.25) is 5.95 Å². The minimum Gasteiger partial charge on any atom is -0.444 e. The van der Waals surface area contributed by atoms with Crippen LogP contribution in [0.1, 0.15) is 46.1 Å². The van der Waals surface area contributed by atoms with E-state index in [0.717, 1.165) is 16.2 Å². The molecule has 0 aliphatic carbocycles. The number of ether oxygens (including phenoxy) is 2. The standard InChI is InChI=1S/C33H37F4N7O5S/c1-20-19-48-14-13-43(20)29-26(34)15-23-24(18-44(28(23)41-29)50(46,47)22-10-6-5-7-11-22)27-25(33(35,36)37)16-38-30(40-27)39-21-9-8-12-42(17-21)31(45)49-32(2,3)4/h5-7,10-11,15-16,18,20-21H,8-9,12-14,17,19H2,1-4H3,(H,38,39,40)/t20-,21-/m0/s1. The summed E-state index contributed by atoms with van der Waals surface area (Å²) in [4.78, 5) is 28.3. The summed E-state index contributed by atoms with van der Waals surface area (Å²) >= 11 is 0. The first-order valence-electron chi connectivity index (χ1n) is 16.1. The number of carbonyl (C=O) groups excluding carboxylic acids is 1. The number of likely N-dealkylation sites (tertiary alicyclic amines) is 1. The predicted molar refractivity (Wildman–Crippen MR) is 177 cm³/mol. The second-order valence-corrected chi connectivity index (χ2v) is 15.1. The van der Waals surface area contributed by atoms with Crippen molar-refractivity contribution in [2.45, 2.75) is 69.3 Å². The molecule has 6 rings (SSSR count). The number of piperidine rings is 1. The van der Waals surface area contributed by atoms with Crippen LogP contribution in [0.3, 0.4) is 0 Å². The molecule has 4 aromatic rings. The van der Waals surface area contributed by atoms with Crippen LogP contribution in [0.5, 0.6) is 0 Å². The lowest BCUT2D eigenvalue weighted by Crippen LogP contribution is -2.47. The molecule has 0 spiro atoms. The molecule has 2 aliphatic heterocycles. The zero-order chi connectivity index (χ0) is 36.0. The molecule has 2 fully saturated rings. The summed E-state index contributed by atoms with van der Waals surface area (Å²) in [5, 5.41) is 2.83. The first-order valence-corrected chi connectivity index (χ1v) is 17.5. The van der Waals surface area contributed by atoms with Crippen LogP contribution < -0.4 is 10.2 Å². The first-order chi connectivity index (χ1) is 23.5. The molecule has 5 heterocycles. The lowest BCUT2D eigenvalue weighted by atomic mass is 10.1. The van der Waals surface area contributed by atoms with Crippen molar-refractivity contribution in [3.05, 3.63) is 60.2 Å². The molecule has 0 radical (unpaired) electrons. The van der Waals surface area contributed by atoms with E-state index in [1.165, 1.54) is 29.2 Å². The quantitative estimate of drug-likeness (QED) is 0.240. The summed E-state index contributed by atoms with van der Waals surface area (Å²) in [5.74, 6) is -1.20. The first kappa shape index (κ1) is 35.3. The van der Waals surface area contributed by atoms with E-state index in [1.807, 2.05) is 0 Å². The number of rotatable bonds is 6. The zero-order valence-corrected chi connectivity index (χ0v) is 28.7. The van der Waals surface area contributed by atoms with Crippen molar-refractivity contribution in [1.82, 2.24) is 23.8 Å². The molecule has 268 valence electrons. The Kier molecular flexibility index (Phi) is 9.41. The van der Waals surface area contributed by atoms with Gasteiger partial charge in [0.1, 0.15) is 11.2 Å². The number of halogens is 4. The van der Waals surface area contributed by atoms with Crippen LogP contribution in [0.4, 0.5) is 34.1 Å². The molecule has 2 aliphatic rings. The van der Waals surface area contributed by atoms with Gasteiger partial charge in [0.25, 0.3) is 10.0 Å². The van der Waals surface area contributed by atoms with Crippen molar-refractivity contribution >= 4 is 38.9 Å². The maximum absolute atomic E-state index is 15.9. The van der Waals surface area contributed by atoms with E-state index < -0.39 is 51.0 Å². The van der Waals surface area contributed by atoms with Crippen molar-refractivity contribution in [3.63, 3.8) is 0 Å². The molecule has 12 nitrogen and oxygen atoms in total. The molecule has 17 heteroatoms. The van der Waals surface area contributed by atoms with Gasteiger partial charge in [0, 0.05) is 49.0 Å². The van der Waals surface area contributed by atoms with Gasteiger partial charge in [0.05, 0.1) is 29.8 Å². The zero-order valence-electron chi connectivity index (χ0n) is 27.9. The third kappa shape index (κ3) is 7.19. The molecule has 50 heavy (non-hydrogen) atoms. The minimum absolute atomic E-state index is 0.149. The highest BCUT2D eigenvalue weighted by Crippen LogP contribution is 2.41. The molecular formula is C33H37F4N7O5S. The van der Waals surface area contributed by atoms with Gasteiger partial charge >= 0.3 is 12.3 Å². The Labute approximate surface area is 286 Å². The average molecular weight is 720 g/mol. The van der Waals surface area contributed by atoms with Crippen molar-refractivity contribution in [3.8, 4) is 11.3 Å². The van der Waals surface area contributed by atoms with E-state index >= 15 is 4.39 Å². The van der Waals surface area contributed by atoms with E-state index in [0.29, 0.717) is 25.6 Å². The third-order valence-electron chi connectivity index (χ3n) is 8.38. The number of morpholine rings is 1. The lowest BCUT2D eigenvalue weighted by Gasteiger charge is -2.34. The maximum Gasteiger partial charge on any atom is 0.419 e. The van der Waals surface area contributed by atoms with Crippen molar-refractivity contribution in [1.29, 1.82) is 0 Å².